The van der Waals surface area contributed by atoms with E-state index in [0.717, 1.165) is 74.0 Å². The Morgan fingerprint density at radius 3 is 2.33 bits per heavy atom. The molecule has 0 saturated heterocycles. The van der Waals surface area contributed by atoms with Gasteiger partial charge in [-0.1, -0.05) is 26.2 Å². The molecule has 0 aromatic carbocycles. The van der Waals surface area contributed by atoms with Crippen LogP contribution in [0.5, 0.6) is 0 Å². The zero-order chi connectivity index (χ0) is 29.6. The molecule has 7 rings (SSSR count). The van der Waals surface area contributed by atoms with Crippen molar-refractivity contribution in [2.24, 2.45) is 9.98 Å². The summed E-state index contributed by atoms with van der Waals surface area (Å²) in [4.78, 5) is 42.5. The maximum atomic E-state index is 13.9. The molecule has 43 heavy (non-hydrogen) atoms. The molecular formula is C31H36N8O3S. The highest BCUT2D eigenvalue weighted by Crippen LogP contribution is 2.44. The average Bonchev–Trinajstić information content (AvgIpc) is 3.74. The number of sulfone groups is 1. The SMILES string of the molecule is CCS(=O)(=O)c1ccc(CNc2nc3c(n(C4CCCC4)c2=O)=NCC(c2c(C4CCC4)ncnc2C2CC2)=NC=3)nc1. The third-order valence-electron chi connectivity index (χ3n) is 9.15. The van der Waals surface area contributed by atoms with Gasteiger partial charge in [0.25, 0.3) is 5.56 Å². The van der Waals surface area contributed by atoms with Gasteiger partial charge in [0.05, 0.1) is 52.7 Å². The minimum atomic E-state index is -3.34. The Labute approximate surface area is 250 Å². The lowest BCUT2D eigenvalue weighted by Crippen LogP contribution is -2.48. The summed E-state index contributed by atoms with van der Waals surface area (Å²) >= 11 is 0. The van der Waals surface area contributed by atoms with Crippen molar-refractivity contribution in [1.29, 1.82) is 0 Å². The highest BCUT2D eigenvalue weighted by molar-refractivity contribution is 7.91. The van der Waals surface area contributed by atoms with E-state index in [1.165, 1.54) is 12.6 Å². The Morgan fingerprint density at radius 2 is 1.70 bits per heavy atom. The topological polar surface area (TPSA) is 144 Å². The molecule has 0 bridgehead atoms. The van der Waals surface area contributed by atoms with Crippen LogP contribution >= 0.6 is 0 Å². The fourth-order valence-corrected chi connectivity index (χ4v) is 7.11. The Morgan fingerprint density at radius 1 is 0.953 bits per heavy atom. The molecule has 0 unspecified atom stereocenters. The summed E-state index contributed by atoms with van der Waals surface area (Å²) in [5.41, 5.74) is 5.03. The minimum absolute atomic E-state index is 0.0128. The lowest BCUT2D eigenvalue weighted by molar-refractivity contribution is 0.409. The second kappa shape index (κ2) is 11.4. The van der Waals surface area contributed by atoms with Crippen LogP contribution in [-0.2, 0) is 16.4 Å². The first kappa shape index (κ1) is 28.0. The molecule has 12 heteroatoms. The van der Waals surface area contributed by atoms with Crippen LogP contribution < -0.4 is 21.7 Å². The average molecular weight is 601 g/mol. The summed E-state index contributed by atoms with van der Waals surface area (Å²) in [5, 5.41) is 3.72. The maximum Gasteiger partial charge on any atom is 0.295 e. The molecule has 3 aromatic heterocycles. The van der Waals surface area contributed by atoms with Crippen molar-refractivity contribution < 1.29 is 8.42 Å². The first-order chi connectivity index (χ1) is 20.9. The number of anilines is 1. The molecule has 224 valence electrons. The summed E-state index contributed by atoms with van der Waals surface area (Å²) in [7, 11) is -3.34. The van der Waals surface area contributed by atoms with Crippen molar-refractivity contribution in [3.05, 3.63) is 68.5 Å². The predicted molar refractivity (Wildman–Crippen MR) is 163 cm³/mol. The van der Waals surface area contributed by atoms with Crippen LogP contribution in [0.25, 0.3) is 6.20 Å². The van der Waals surface area contributed by atoms with E-state index < -0.39 is 9.84 Å². The number of rotatable bonds is 9. The van der Waals surface area contributed by atoms with E-state index in [4.69, 9.17) is 24.9 Å². The molecule has 11 nitrogen and oxygen atoms in total. The number of aliphatic imine (C=N–C) groups is 1. The molecule has 3 fully saturated rings. The standard InChI is InChI=1S/C31H36N8O3S/c1-2-43(41,42)23-13-12-21(32-15-23)14-34-29-31(40)39(22-8-3-4-9-22)30-25(38-29)17-33-24(16-35-30)26-27(19-6-5-7-19)36-18-37-28(26)20-10-11-20/h12-13,15,17-20,22H,2-11,14,16H2,1H3,(H,34,38). The summed E-state index contributed by atoms with van der Waals surface area (Å²) in [6.07, 6.45) is 14.5. The van der Waals surface area contributed by atoms with Crippen LogP contribution in [0, 0.1) is 0 Å². The van der Waals surface area contributed by atoms with Gasteiger partial charge in [-0.15, -0.1) is 0 Å². The third-order valence-corrected chi connectivity index (χ3v) is 10.9. The molecule has 0 amide bonds. The summed E-state index contributed by atoms with van der Waals surface area (Å²) in [6, 6.07) is 3.26. The zero-order valence-electron chi connectivity index (χ0n) is 24.4. The molecule has 4 heterocycles. The van der Waals surface area contributed by atoms with Crippen LogP contribution in [0.3, 0.4) is 0 Å². The Kier molecular flexibility index (Phi) is 7.40. The van der Waals surface area contributed by atoms with E-state index in [9.17, 15) is 13.2 Å². The monoisotopic (exact) mass is 600 g/mol. The molecular weight excluding hydrogens is 564 g/mol. The molecule has 3 saturated carbocycles. The van der Waals surface area contributed by atoms with Crippen molar-refractivity contribution in [1.82, 2.24) is 24.5 Å². The van der Waals surface area contributed by atoms with Crippen molar-refractivity contribution >= 4 is 27.6 Å². The van der Waals surface area contributed by atoms with Crippen LogP contribution in [-0.4, -0.2) is 50.9 Å². The van der Waals surface area contributed by atoms with Crippen molar-refractivity contribution in [2.75, 3.05) is 17.6 Å². The van der Waals surface area contributed by atoms with E-state index in [2.05, 4.69) is 10.3 Å². The highest BCUT2D eigenvalue weighted by Gasteiger charge is 2.34. The summed E-state index contributed by atoms with van der Waals surface area (Å²) in [5.74, 6) is 1.10. The van der Waals surface area contributed by atoms with Gasteiger partial charge < -0.3 is 5.32 Å². The van der Waals surface area contributed by atoms with E-state index in [-0.39, 0.29) is 34.6 Å². The van der Waals surface area contributed by atoms with Crippen LogP contribution in [0.2, 0.25) is 0 Å². The molecule has 0 radical (unpaired) electrons. The number of pyridine rings is 1. The lowest BCUT2D eigenvalue weighted by Gasteiger charge is -2.27. The first-order valence-corrected chi connectivity index (χ1v) is 17.1. The highest BCUT2D eigenvalue weighted by atomic mass is 32.2. The van der Waals surface area contributed by atoms with Crippen LogP contribution in [0.4, 0.5) is 5.82 Å². The van der Waals surface area contributed by atoms with Crippen LogP contribution in [0.1, 0.15) is 105 Å². The van der Waals surface area contributed by atoms with Gasteiger partial charge in [-0.2, -0.15) is 0 Å². The second-order valence-corrected chi connectivity index (χ2v) is 14.2. The molecule has 1 N–H and O–H groups in total. The summed E-state index contributed by atoms with van der Waals surface area (Å²) in [6.45, 7) is 2.17. The van der Waals surface area contributed by atoms with Gasteiger partial charge in [0.15, 0.2) is 21.1 Å². The van der Waals surface area contributed by atoms with Crippen LogP contribution in [0.15, 0.2) is 44.3 Å². The quantitative estimate of drug-likeness (QED) is 0.395. The number of hydrogen-bond acceptors (Lipinski definition) is 10. The van der Waals surface area contributed by atoms with E-state index in [0.29, 0.717) is 34.9 Å². The van der Waals surface area contributed by atoms with E-state index in [1.54, 1.807) is 31.6 Å². The lowest BCUT2D eigenvalue weighted by atomic mass is 9.80. The van der Waals surface area contributed by atoms with Crippen molar-refractivity contribution in [2.45, 2.75) is 94.0 Å². The Bertz CT molecular complexity index is 1870. The second-order valence-electron chi connectivity index (χ2n) is 12.0. The van der Waals surface area contributed by atoms with E-state index in [1.807, 2.05) is 4.57 Å². The number of hydrogen-bond donors (Lipinski definition) is 1. The van der Waals surface area contributed by atoms with Gasteiger partial charge >= 0.3 is 0 Å². The van der Waals surface area contributed by atoms with Gasteiger partial charge in [-0.05, 0) is 50.7 Å². The number of fused-ring (bicyclic) bond motifs is 1. The fraction of sp³-hybridized carbons (Fsp3) is 0.516. The van der Waals surface area contributed by atoms with Crippen molar-refractivity contribution in [3.63, 3.8) is 0 Å². The Hall–Kier alpha value is -3.80. The zero-order valence-corrected chi connectivity index (χ0v) is 25.2. The molecule has 0 atom stereocenters. The fourth-order valence-electron chi connectivity index (χ4n) is 6.29. The first-order valence-electron chi connectivity index (χ1n) is 15.4. The van der Waals surface area contributed by atoms with Gasteiger partial charge in [0, 0.05) is 29.6 Å². The third kappa shape index (κ3) is 5.41. The normalized spacial score (nSPS) is 19.0. The molecule has 4 aliphatic rings. The largest absolute Gasteiger partial charge is 0.360 e. The smallest absolute Gasteiger partial charge is 0.295 e. The van der Waals surface area contributed by atoms with Gasteiger partial charge in [0.1, 0.15) is 11.7 Å². The molecule has 0 spiro atoms. The van der Waals surface area contributed by atoms with Gasteiger partial charge in [-0.3, -0.25) is 24.3 Å². The molecule has 1 aliphatic heterocycles. The minimum Gasteiger partial charge on any atom is -0.360 e. The van der Waals surface area contributed by atoms with E-state index >= 15 is 0 Å². The number of nitrogens with one attached hydrogen (secondary N) is 1. The van der Waals surface area contributed by atoms with Crippen molar-refractivity contribution in [3.8, 4) is 0 Å². The Balaban J connectivity index is 1.27. The predicted octanol–water partition coefficient (Wildman–Crippen LogP) is 2.95. The number of aromatic nitrogens is 5. The maximum absolute atomic E-state index is 13.9. The molecule has 3 aromatic rings. The molecule has 3 aliphatic carbocycles. The number of nitrogens with zero attached hydrogens (tertiary/aromatic N) is 7. The van der Waals surface area contributed by atoms with Gasteiger partial charge in [0.2, 0.25) is 0 Å². The summed E-state index contributed by atoms with van der Waals surface area (Å²) < 4.78 is 26.1. The van der Waals surface area contributed by atoms with Gasteiger partial charge in [-0.25, -0.2) is 23.4 Å².